The zero-order chi connectivity index (χ0) is 8.85. The van der Waals surface area contributed by atoms with E-state index in [1.54, 1.807) is 11.8 Å². The van der Waals surface area contributed by atoms with Crippen molar-refractivity contribution in [1.82, 2.24) is 0 Å². The van der Waals surface area contributed by atoms with E-state index in [4.69, 9.17) is 0 Å². The van der Waals surface area contributed by atoms with Crippen molar-refractivity contribution in [1.29, 1.82) is 0 Å². The molecule has 2 heteroatoms. The minimum atomic E-state index is 0.288. The van der Waals surface area contributed by atoms with E-state index in [-0.39, 0.29) is 5.78 Å². The predicted molar refractivity (Wildman–Crippen MR) is 52.0 cm³/mol. The summed E-state index contributed by atoms with van der Waals surface area (Å²) in [6.45, 7) is 9.77. The van der Waals surface area contributed by atoms with E-state index in [2.05, 4.69) is 20.4 Å². The van der Waals surface area contributed by atoms with Crippen LogP contribution in [-0.4, -0.2) is 16.8 Å². The van der Waals surface area contributed by atoms with Crippen molar-refractivity contribution in [2.45, 2.75) is 32.4 Å². The first-order chi connectivity index (χ1) is 5.02. The number of hydrogen-bond acceptors (Lipinski definition) is 2. The van der Waals surface area contributed by atoms with Crippen molar-refractivity contribution in [3.05, 3.63) is 12.2 Å². The molecule has 0 saturated heterocycles. The van der Waals surface area contributed by atoms with Crippen molar-refractivity contribution in [3.8, 4) is 0 Å². The molecular formula is C9H16OS. The second-order valence-corrected chi connectivity index (χ2v) is 4.60. The SMILES string of the molecule is C=C(C)CC(=O)CSC(C)C. The fourth-order valence-electron chi connectivity index (χ4n) is 0.647. The Labute approximate surface area is 73.3 Å². The number of carbonyl (C=O) groups excluding carboxylic acids is 1. The maximum Gasteiger partial charge on any atom is 0.146 e. The van der Waals surface area contributed by atoms with Crippen LogP contribution in [0.15, 0.2) is 12.2 Å². The number of thioether (sulfide) groups is 1. The number of Topliss-reactive ketones (excluding diaryl/α,β-unsaturated/α-hetero) is 1. The van der Waals surface area contributed by atoms with Crippen molar-refractivity contribution in [2.75, 3.05) is 5.75 Å². The molecule has 1 nitrogen and oxygen atoms in total. The number of carbonyl (C=O) groups is 1. The molecule has 0 radical (unpaired) electrons. The molecule has 0 saturated carbocycles. The molecule has 0 amide bonds. The van der Waals surface area contributed by atoms with Gasteiger partial charge in [-0.3, -0.25) is 4.79 Å². The van der Waals surface area contributed by atoms with E-state index in [0.29, 0.717) is 17.4 Å². The molecule has 0 spiro atoms. The Bertz CT molecular complexity index is 150. The van der Waals surface area contributed by atoms with Crippen LogP contribution in [0.2, 0.25) is 0 Å². The van der Waals surface area contributed by atoms with Gasteiger partial charge in [0, 0.05) is 6.42 Å². The standard InChI is InChI=1S/C9H16OS/c1-7(2)5-9(10)6-11-8(3)4/h8H,1,5-6H2,2-4H3. The average Bonchev–Trinajstić information content (AvgIpc) is 1.82. The number of allylic oxidation sites excluding steroid dienone is 1. The molecule has 0 atom stereocenters. The highest BCUT2D eigenvalue weighted by molar-refractivity contribution is 8.00. The van der Waals surface area contributed by atoms with Gasteiger partial charge in [0.05, 0.1) is 5.75 Å². The molecule has 0 aliphatic heterocycles. The van der Waals surface area contributed by atoms with Gasteiger partial charge in [-0.05, 0) is 12.2 Å². The number of ketones is 1. The van der Waals surface area contributed by atoms with E-state index >= 15 is 0 Å². The maximum atomic E-state index is 11.1. The smallest absolute Gasteiger partial charge is 0.146 e. The molecule has 0 N–H and O–H groups in total. The molecule has 0 aromatic rings. The van der Waals surface area contributed by atoms with Crippen LogP contribution in [0.25, 0.3) is 0 Å². The largest absolute Gasteiger partial charge is 0.298 e. The van der Waals surface area contributed by atoms with Crippen LogP contribution < -0.4 is 0 Å². The molecule has 0 rings (SSSR count). The van der Waals surface area contributed by atoms with Crippen molar-refractivity contribution >= 4 is 17.5 Å². The topological polar surface area (TPSA) is 17.1 Å². The summed E-state index contributed by atoms with van der Waals surface area (Å²) < 4.78 is 0. The Morgan fingerprint density at radius 2 is 2.09 bits per heavy atom. The molecule has 0 bridgehead atoms. The zero-order valence-corrected chi connectivity index (χ0v) is 8.33. The molecule has 0 heterocycles. The molecule has 0 aromatic carbocycles. The van der Waals surface area contributed by atoms with Crippen LogP contribution in [-0.2, 0) is 4.79 Å². The van der Waals surface area contributed by atoms with Crippen LogP contribution in [0.5, 0.6) is 0 Å². The van der Waals surface area contributed by atoms with Crippen LogP contribution in [0, 0.1) is 0 Å². The highest BCUT2D eigenvalue weighted by Gasteiger charge is 2.03. The first-order valence-electron chi connectivity index (χ1n) is 3.80. The van der Waals surface area contributed by atoms with Crippen LogP contribution in [0.1, 0.15) is 27.2 Å². The van der Waals surface area contributed by atoms with Gasteiger partial charge < -0.3 is 0 Å². The van der Waals surface area contributed by atoms with Gasteiger partial charge in [0.25, 0.3) is 0 Å². The van der Waals surface area contributed by atoms with E-state index in [0.717, 1.165) is 5.57 Å². The average molecular weight is 172 g/mol. The summed E-state index contributed by atoms with van der Waals surface area (Å²) >= 11 is 1.69. The minimum Gasteiger partial charge on any atom is -0.298 e. The maximum absolute atomic E-state index is 11.1. The first-order valence-corrected chi connectivity index (χ1v) is 4.85. The third-order valence-electron chi connectivity index (χ3n) is 1.08. The zero-order valence-electron chi connectivity index (χ0n) is 7.52. The van der Waals surface area contributed by atoms with E-state index in [1.807, 2.05) is 6.92 Å². The summed E-state index contributed by atoms with van der Waals surface area (Å²) in [6, 6.07) is 0. The highest BCUT2D eigenvalue weighted by atomic mass is 32.2. The third-order valence-corrected chi connectivity index (χ3v) is 2.23. The van der Waals surface area contributed by atoms with Crippen LogP contribution in [0.4, 0.5) is 0 Å². The quantitative estimate of drug-likeness (QED) is 0.593. The Hall–Kier alpha value is -0.240. The van der Waals surface area contributed by atoms with Gasteiger partial charge in [0.2, 0.25) is 0 Å². The molecule has 0 fully saturated rings. The molecule has 11 heavy (non-hydrogen) atoms. The van der Waals surface area contributed by atoms with Gasteiger partial charge in [-0.1, -0.05) is 26.0 Å². The van der Waals surface area contributed by atoms with Crippen molar-refractivity contribution in [3.63, 3.8) is 0 Å². The normalized spacial score (nSPS) is 10.2. The fraction of sp³-hybridized carbons (Fsp3) is 0.667. The predicted octanol–water partition coefficient (Wildman–Crippen LogP) is 2.66. The van der Waals surface area contributed by atoms with E-state index in [1.165, 1.54) is 0 Å². The first kappa shape index (κ1) is 10.8. The second-order valence-electron chi connectivity index (χ2n) is 3.03. The number of rotatable bonds is 5. The minimum absolute atomic E-state index is 0.288. The van der Waals surface area contributed by atoms with Gasteiger partial charge in [-0.15, -0.1) is 0 Å². The summed E-state index contributed by atoms with van der Waals surface area (Å²) in [6.07, 6.45) is 0.541. The monoisotopic (exact) mass is 172 g/mol. The van der Waals surface area contributed by atoms with Crippen molar-refractivity contribution in [2.24, 2.45) is 0 Å². The number of hydrogen-bond donors (Lipinski definition) is 0. The lowest BCUT2D eigenvalue weighted by Gasteiger charge is -2.02. The van der Waals surface area contributed by atoms with Gasteiger partial charge in [-0.25, -0.2) is 0 Å². The molecule has 0 unspecified atom stereocenters. The Morgan fingerprint density at radius 3 is 2.45 bits per heavy atom. The Balaban J connectivity index is 3.46. The fourth-order valence-corrected chi connectivity index (χ4v) is 1.27. The molecule has 64 valence electrons. The summed E-state index contributed by atoms with van der Waals surface area (Å²) in [5, 5.41) is 0.545. The van der Waals surface area contributed by atoms with E-state index < -0.39 is 0 Å². The third kappa shape index (κ3) is 7.66. The molecule has 0 aromatic heterocycles. The summed E-state index contributed by atoms with van der Waals surface area (Å²) in [5.74, 6) is 0.918. The van der Waals surface area contributed by atoms with Crippen LogP contribution >= 0.6 is 11.8 Å². The lowest BCUT2D eigenvalue weighted by Crippen LogP contribution is -2.03. The summed E-state index contributed by atoms with van der Waals surface area (Å²) in [4.78, 5) is 11.1. The summed E-state index contributed by atoms with van der Waals surface area (Å²) in [5.41, 5.74) is 0.958. The Morgan fingerprint density at radius 1 is 1.55 bits per heavy atom. The molecule has 0 aliphatic carbocycles. The van der Waals surface area contributed by atoms with Gasteiger partial charge in [-0.2, -0.15) is 11.8 Å². The highest BCUT2D eigenvalue weighted by Crippen LogP contribution is 2.10. The second kappa shape index (κ2) is 5.42. The van der Waals surface area contributed by atoms with Crippen LogP contribution in [0.3, 0.4) is 0 Å². The van der Waals surface area contributed by atoms with Gasteiger partial charge >= 0.3 is 0 Å². The lowest BCUT2D eigenvalue weighted by molar-refractivity contribution is -0.115. The van der Waals surface area contributed by atoms with Gasteiger partial charge in [0.1, 0.15) is 5.78 Å². The molecule has 0 aliphatic rings. The summed E-state index contributed by atoms with van der Waals surface area (Å²) in [7, 11) is 0. The van der Waals surface area contributed by atoms with Gasteiger partial charge in [0.15, 0.2) is 0 Å². The Kier molecular flexibility index (Phi) is 5.30. The molecular weight excluding hydrogens is 156 g/mol. The lowest BCUT2D eigenvalue weighted by atomic mass is 10.2. The van der Waals surface area contributed by atoms with Crippen molar-refractivity contribution < 1.29 is 4.79 Å². The van der Waals surface area contributed by atoms with E-state index in [9.17, 15) is 4.79 Å².